The van der Waals surface area contributed by atoms with Crippen molar-refractivity contribution in [3.05, 3.63) is 18.2 Å². The summed E-state index contributed by atoms with van der Waals surface area (Å²) in [7, 11) is 4.07. The second kappa shape index (κ2) is 4.69. The van der Waals surface area contributed by atoms with Gasteiger partial charge in [0.1, 0.15) is 12.4 Å². The molecule has 1 aromatic rings. The van der Waals surface area contributed by atoms with Crippen LogP contribution in [0.3, 0.4) is 0 Å². The number of nitrogens with zero attached hydrogens (tertiary/aromatic N) is 3. The third kappa shape index (κ3) is 3.01. The van der Waals surface area contributed by atoms with E-state index in [1.165, 1.54) is 11.2 Å². The molecule has 0 atom stereocenters. The van der Waals surface area contributed by atoms with Crippen LogP contribution in [0.5, 0.6) is 0 Å². The van der Waals surface area contributed by atoms with E-state index in [1.807, 2.05) is 26.5 Å². The topological polar surface area (TPSA) is 32.6 Å². The second-order valence-electron chi connectivity index (χ2n) is 2.16. The van der Waals surface area contributed by atoms with E-state index in [4.69, 9.17) is 5.26 Å². The third-order valence-electron chi connectivity index (χ3n) is 1.53. The van der Waals surface area contributed by atoms with Crippen molar-refractivity contribution in [3.8, 4) is 5.40 Å². The Bertz CT molecular complexity index is 240. The second-order valence-corrected chi connectivity index (χ2v) is 2.34. The molecule has 0 spiro atoms. The monoisotopic (exact) mass is 169 g/mol. The van der Waals surface area contributed by atoms with Gasteiger partial charge in [-0.05, 0) is 0 Å². The summed E-state index contributed by atoms with van der Waals surface area (Å²) < 4.78 is 4.17. The Balaban J connectivity index is 0.000000292. The van der Waals surface area contributed by atoms with Crippen molar-refractivity contribution in [2.45, 2.75) is 6.92 Å². The van der Waals surface area contributed by atoms with Crippen LogP contribution in [0.4, 0.5) is 0 Å². The lowest BCUT2D eigenvalue weighted by atomic mass is 10.7. The summed E-state index contributed by atoms with van der Waals surface area (Å²) in [5.74, 6) is 1.27. The van der Waals surface area contributed by atoms with Crippen molar-refractivity contribution in [1.29, 1.82) is 5.26 Å². The number of aryl methyl sites for hydroxylation is 2. The summed E-state index contributed by atoms with van der Waals surface area (Å²) in [6.07, 6.45) is 4.07. The quantitative estimate of drug-likeness (QED) is 0.315. The zero-order chi connectivity index (χ0) is 8.85. The highest BCUT2D eigenvalue weighted by molar-refractivity contribution is 7.64. The van der Waals surface area contributed by atoms with E-state index in [0.29, 0.717) is 0 Å². The molecule has 0 aliphatic heterocycles. The van der Waals surface area contributed by atoms with E-state index in [9.17, 15) is 0 Å². The van der Waals surface area contributed by atoms with E-state index in [-0.39, 0.29) is 0 Å². The van der Waals surface area contributed by atoms with Crippen LogP contribution < -0.4 is 4.57 Å². The minimum Gasteiger partial charge on any atom is -0.696 e. The van der Waals surface area contributed by atoms with Crippen molar-refractivity contribution in [1.82, 2.24) is 4.57 Å². The molecule has 0 bridgehead atoms. The molecule has 0 radical (unpaired) electrons. The molecule has 11 heavy (non-hydrogen) atoms. The predicted octanol–water partition coefficient (Wildman–Crippen LogP) is 0.172. The Labute approximate surface area is 72.3 Å². The molecule has 0 aromatic carbocycles. The van der Waals surface area contributed by atoms with Gasteiger partial charge in [-0.15, -0.1) is 0 Å². The van der Waals surface area contributed by atoms with Crippen LogP contribution >= 0.6 is 0 Å². The maximum absolute atomic E-state index is 7.13. The third-order valence-corrected chi connectivity index (χ3v) is 1.53. The van der Waals surface area contributed by atoms with Gasteiger partial charge in [0.2, 0.25) is 0 Å². The van der Waals surface area contributed by atoms with E-state index in [1.54, 1.807) is 0 Å². The molecule has 0 aliphatic carbocycles. The van der Waals surface area contributed by atoms with E-state index in [2.05, 4.69) is 28.7 Å². The molecule has 1 rings (SSSR count). The van der Waals surface area contributed by atoms with Crippen LogP contribution in [0.15, 0.2) is 12.4 Å². The van der Waals surface area contributed by atoms with Gasteiger partial charge in [-0.2, -0.15) is 0 Å². The van der Waals surface area contributed by atoms with Crippen LogP contribution in [-0.2, 0) is 26.7 Å². The van der Waals surface area contributed by atoms with Crippen molar-refractivity contribution in [2.24, 2.45) is 14.1 Å². The minimum absolute atomic E-state index is 1.27. The van der Waals surface area contributed by atoms with Gasteiger partial charge in [0.15, 0.2) is 0 Å². The first-order valence-electron chi connectivity index (χ1n) is 3.12. The number of imidazole rings is 1. The maximum Gasteiger partial charge on any atom is 0.252 e. The zero-order valence-corrected chi connectivity index (χ0v) is 7.72. The maximum atomic E-state index is 7.13. The SMILES string of the molecule is Cc1n(C)cc[n+]1C.N#C[S-]. The smallest absolute Gasteiger partial charge is 0.252 e. The Hall–Kier alpha value is -1.08. The van der Waals surface area contributed by atoms with Gasteiger partial charge >= 0.3 is 0 Å². The Morgan fingerprint density at radius 3 is 2.27 bits per heavy atom. The normalized spacial score (nSPS) is 7.82. The standard InChI is InChI=1S/C6H11N2.CHNS/c1-6-7(2)4-5-8(6)3;2-1-3/h4-5H,1-3H3;3H/q+1;/p-1. The Morgan fingerprint density at radius 1 is 1.73 bits per heavy atom. The van der Waals surface area contributed by atoms with Gasteiger partial charge in [0.25, 0.3) is 5.82 Å². The number of hydrogen-bond donors (Lipinski definition) is 0. The van der Waals surface area contributed by atoms with Gasteiger partial charge in [-0.25, -0.2) is 14.4 Å². The molecule has 0 unspecified atom stereocenters. The molecular formula is C7H11N3S. The number of aromatic nitrogens is 2. The van der Waals surface area contributed by atoms with Gasteiger partial charge in [0, 0.05) is 6.92 Å². The summed E-state index contributed by atoms with van der Waals surface area (Å²) in [6, 6.07) is 0. The first kappa shape index (κ1) is 9.92. The summed E-state index contributed by atoms with van der Waals surface area (Å²) in [6.45, 7) is 2.08. The first-order chi connectivity index (χ1) is 5.13. The van der Waals surface area contributed by atoms with E-state index < -0.39 is 0 Å². The van der Waals surface area contributed by atoms with Crippen molar-refractivity contribution >= 4 is 12.6 Å². The minimum atomic E-state index is 1.27. The van der Waals surface area contributed by atoms with Crippen LogP contribution in [0.1, 0.15) is 5.82 Å². The number of nitriles is 1. The first-order valence-corrected chi connectivity index (χ1v) is 3.53. The average Bonchev–Trinajstić information content (AvgIpc) is 2.22. The van der Waals surface area contributed by atoms with Crippen LogP contribution in [0.25, 0.3) is 0 Å². The molecule has 0 saturated carbocycles. The Morgan fingerprint density at radius 2 is 2.18 bits per heavy atom. The molecule has 3 nitrogen and oxygen atoms in total. The number of rotatable bonds is 0. The highest BCUT2D eigenvalue weighted by Crippen LogP contribution is 1.84. The van der Waals surface area contributed by atoms with Crippen molar-refractivity contribution < 1.29 is 4.57 Å². The lowest BCUT2D eigenvalue weighted by Gasteiger charge is -1.84. The molecule has 1 heterocycles. The molecule has 0 fully saturated rings. The summed E-state index contributed by atoms with van der Waals surface area (Å²) in [5.41, 5.74) is 0. The van der Waals surface area contributed by atoms with Crippen molar-refractivity contribution in [3.63, 3.8) is 0 Å². The van der Waals surface area contributed by atoms with Gasteiger partial charge in [-0.1, -0.05) is 5.40 Å². The molecule has 1 aromatic heterocycles. The van der Waals surface area contributed by atoms with Crippen LogP contribution in [-0.4, -0.2) is 4.57 Å². The largest absolute Gasteiger partial charge is 0.696 e. The molecule has 4 heteroatoms. The van der Waals surface area contributed by atoms with Crippen molar-refractivity contribution in [2.75, 3.05) is 0 Å². The van der Waals surface area contributed by atoms with Crippen LogP contribution in [0.2, 0.25) is 0 Å². The van der Waals surface area contributed by atoms with Crippen LogP contribution in [0, 0.1) is 17.6 Å². The highest BCUT2D eigenvalue weighted by Gasteiger charge is 2.00. The fourth-order valence-corrected chi connectivity index (χ4v) is 0.665. The predicted molar refractivity (Wildman–Crippen MR) is 44.3 cm³/mol. The Kier molecular flexibility index (Phi) is 4.23. The molecule has 60 valence electrons. The lowest BCUT2D eigenvalue weighted by Crippen LogP contribution is -2.29. The number of hydrogen-bond acceptors (Lipinski definition) is 2. The van der Waals surface area contributed by atoms with Gasteiger partial charge < -0.3 is 12.6 Å². The van der Waals surface area contributed by atoms with E-state index in [0.717, 1.165) is 0 Å². The van der Waals surface area contributed by atoms with Gasteiger partial charge in [-0.3, -0.25) is 0 Å². The fourth-order valence-electron chi connectivity index (χ4n) is 0.665. The molecule has 0 saturated heterocycles. The zero-order valence-electron chi connectivity index (χ0n) is 6.90. The average molecular weight is 169 g/mol. The molecular weight excluding hydrogens is 158 g/mol. The van der Waals surface area contributed by atoms with Gasteiger partial charge in [0.05, 0.1) is 14.1 Å². The number of thiocyanates is 1. The summed E-state index contributed by atoms with van der Waals surface area (Å²) in [5, 5.41) is 8.47. The summed E-state index contributed by atoms with van der Waals surface area (Å²) in [4.78, 5) is 0. The summed E-state index contributed by atoms with van der Waals surface area (Å²) >= 11 is 3.70. The molecule has 0 amide bonds. The molecule has 0 aliphatic rings. The van der Waals surface area contributed by atoms with E-state index >= 15 is 0 Å². The molecule has 0 N–H and O–H groups in total. The lowest BCUT2D eigenvalue weighted by molar-refractivity contribution is -0.677. The highest BCUT2D eigenvalue weighted by atomic mass is 32.1. The fraction of sp³-hybridized carbons (Fsp3) is 0.429.